The summed E-state index contributed by atoms with van der Waals surface area (Å²) in [5, 5.41) is 0. The Morgan fingerprint density at radius 1 is 1.43 bits per heavy atom. The van der Waals surface area contributed by atoms with Crippen molar-refractivity contribution in [3.8, 4) is 0 Å². The van der Waals surface area contributed by atoms with Gasteiger partial charge in [0.15, 0.2) is 0 Å². The van der Waals surface area contributed by atoms with E-state index in [0.29, 0.717) is 25.0 Å². The average molecular weight is 218 g/mol. The molecule has 0 fully saturated rings. The van der Waals surface area contributed by atoms with Crippen LogP contribution in [-0.2, 0) is 18.7 Å². The number of methoxy groups -OCH3 is 1. The summed E-state index contributed by atoms with van der Waals surface area (Å²) < 4.78 is 15.2. The molecule has 0 heterocycles. The first-order chi connectivity index (χ1) is 6.57. The zero-order valence-electron chi connectivity index (χ0n) is 9.04. The van der Waals surface area contributed by atoms with Crippen LogP contribution in [-0.4, -0.2) is 41.6 Å². The second-order valence-electron chi connectivity index (χ2n) is 3.05. The zero-order chi connectivity index (χ0) is 11.0. The molecule has 0 aromatic carbocycles. The van der Waals surface area contributed by atoms with E-state index in [1.807, 2.05) is 6.55 Å². The van der Waals surface area contributed by atoms with E-state index in [1.165, 1.54) is 0 Å². The Bertz CT molecular complexity index is 193. The predicted octanol–water partition coefficient (Wildman–Crippen LogP) is 0.661. The Labute approximate surface area is 86.6 Å². The summed E-state index contributed by atoms with van der Waals surface area (Å²) in [6.07, 6.45) is 0.384. The predicted molar refractivity (Wildman–Crippen MR) is 56.6 cm³/mol. The van der Waals surface area contributed by atoms with Gasteiger partial charge in [-0.05, 0) is 13.5 Å². The van der Waals surface area contributed by atoms with Gasteiger partial charge in [0.05, 0.1) is 13.2 Å². The summed E-state index contributed by atoms with van der Waals surface area (Å²) in [6.45, 7) is 8.23. The lowest BCUT2D eigenvalue weighted by Crippen LogP contribution is -2.25. The van der Waals surface area contributed by atoms with Crippen LogP contribution in [0.5, 0.6) is 0 Å². The number of rotatable bonds is 7. The second-order valence-corrected chi connectivity index (χ2v) is 5.34. The third-order valence-electron chi connectivity index (χ3n) is 1.49. The standard InChI is InChI=1S/C9H18O4Si/c1-8(2)9(10)12-7-14(4)13-6-5-11-3/h14H,1,5-7H2,2-4H3. The lowest BCUT2D eigenvalue weighted by Gasteiger charge is -2.11. The zero-order valence-corrected chi connectivity index (χ0v) is 10.2. The van der Waals surface area contributed by atoms with E-state index in [2.05, 4.69) is 6.58 Å². The van der Waals surface area contributed by atoms with E-state index >= 15 is 0 Å². The molecule has 0 N–H and O–H groups in total. The van der Waals surface area contributed by atoms with E-state index in [1.54, 1.807) is 14.0 Å². The van der Waals surface area contributed by atoms with Gasteiger partial charge in [-0.2, -0.15) is 0 Å². The molecule has 5 heteroatoms. The third-order valence-corrected chi connectivity index (χ3v) is 2.93. The smallest absolute Gasteiger partial charge is 0.332 e. The molecule has 0 aliphatic heterocycles. The Morgan fingerprint density at radius 3 is 2.57 bits per heavy atom. The summed E-state index contributed by atoms with van der Waals surface area (Å²) in [5.74, 6) is -0.348. The molecular weight excluding hydrogens is 200 g/mol. The molecule has 0 aromatic rings. The monoisotopic (exact) mass is 218 g/mol. The summed E-state index contributed by atoms with van der Waals surface area (Å²) >= 11 is 0. The van der Waals surface area contributed by atoms with E-state index in [4.69, 9.17) is 13.9 Å². The van der Waals surface area contributed by atoms with Gasteiger partial charge >= 0.3 is 5.97 Å². The highest BCUT2D eigenvalue weighted by Gasteiger charge is 2.09. The van der Waals surface area contributed by atoms with Gasteiger partial charge in [0, 0.05) is 12.7 Å². The summed E-state index contributed by atoms with van der Waals surface area (Å²) in [5.41, 5.74) is 0.420. The van der Waals surface area contributed by atoms with Crippen LogP contribution in [0.3, 0.4) is 0 Å². The molecule has 0 bridgehead atoms. The SMILES string of the molecule is C=C(C)C(=O)OC[SiH](C)OCCOC. The average Bonchev–Trinajstić information content (AvgIpc) is 2.14. The van der Waals surface area contributed by atoms with Gasteiger partial charge in [-0.1, -0.05) is 6.58 Å². The number of carbonyl (C=O) groups excluding carboxylic acids is 1. The van der Waals surface area contributed by atoms with E-state index in [-0.39, 0.29) is 5.97 Å². The Hall–Kier alpha value is -0.653. The van der Waals surface area contributed by atoms with Crippen LogP contribution in [0.15, 0.2) is 12.2 Å². The van der Waals surface area contributed by atoms with Crippen molar-refractivity contribution in [2.75, 3.05) is 26.6 Å². The van der Waals surface area contributed by atoms with Crippen molar-refractivity contribution < 1.29 is 18.7 Å². The van der Waals surface area contributed by atoms with Crippen molar-refractivity contribution in [3.63, 3.8) is 0 Å². The normalized spacial score (nSPS) is 12.2. The van der Waals surface area contributed by atoms with Gasteiger partial charge in [-0.15, -0.1) is 0 Å². The Kier molecular flexibility index (Phi) is 7.36. The van der Waals surface area contributed by atoms with Crippen molar-refractivity contribution in [1.82, 2.24) is 0 Å². The molecule has 0 radical (unpaired) electrons. The molecule has 1 unspecified atom stereocenters. The molecule has 0 rings (SSSR count). The second kappa shape index (κ2) is 7.72. The maximum absolute atomic E-state index is 11.0. The molecular formula is C9H18O4Si. The van der Waals surface area contributed by atoms with Gasteiger partial charge in [0.2, 0.25) is 9.04 Å². The maximum atomic E-state index is 11.0. The lowest BCUT2D eigenvalue weighted by molar-refractivity contribution is -0.137. The molecule has 0 saturated carbocycles. The van der Waals surface area contributed by atoms with Crippen LogP contribution in [0, 0.1) is 0 Å². The number of esters is 1. The molecule has 0 saturated heterocycles. The first kappa shape index (κ1) is 13.3. The first-order valence-corrected chi connectivity index (χ1v) is 6.95. The summed E-state index contributed by atoms with van der Waals surface area (Å²) in [7, 11) is 0.226. The van der Waals surface area contributed by atoms with Crippen molar-refractivity contribution in [2.24, 2.45) is 0 Å². The van der Waals surface area contributed by atoms with E-state index in [9.17, 15) is 4.79 Å². The summed E-state index contributed by atoms with van der Waals surface area (Å²) in [4.78, 5) is 11.0. The summed E-state index contributed by atoms with van der Waals surface area (Å²) in [6, 6.07) is 0. The van der Waals surface area contributed by atoms with Gasteiger partial charge in [-0.25, -0.2) is 4.79 Å². The van der Waals surface area contributed by atoms with Gasteiger partial charge in [0.1, 0.15) is 6.23 Å². The fourth-order valence-corrected chi connectivity index (χ4v) is 1.68. The van der Waals surface area contributed by atoms with Crippen LogP contribution in [0.25, 0.3) is 0 Å². The van der Waals surface area contributed by atoms with Crippen LogP contribution in [0.1, 0.15) is 6.92 Å². The molecule has 4 nitrogen and oxygen atoms in total. The third kappa shape index (κ3) is 6.82. The van der Waals surface area contributed by atoms with Gasteiger partial charge < -0.3 is 13.9 Å². The van der Waals surface area contributed by atoms with Crippen LogP contribution in [0.4, 0.5) is 0 Å². The highest BCUT2D eigenvalue weighted by atomic mass is 28.3. The van der Waals surface area contributed by atoms with E-state index in [0.717, 1.165) is 0 Å². The molecule has 0 spiro atoms. The van der Waals surface area contributed by atoms with Crippen molar-refractivity contribution in [1.29, 1.82) is 0 Å². The number of hydrogen-bond acceptors (Lipinski definition) is 4. The number of hydrogen-bond donors (Lipinski definition) is 0. The van der Waals surface area contributed by atoms with Gasteiger partial charge in [-0.3, -0.25) is 0 Å². The van der Waals surface area contributed by atoms with E-state index < -0.39 is 9.04 Å². The minimum atomic E-state index is -1.40. The highest BCUT2D eigenvalue weighted by Crippen LogP contribution is 1.94. The highest BCUT2D eigenvalue weighted by molar-refractivity contribution is 6.50. The number of carbonyl (C=O) groups is 1. The first-order valence-electron chi connectivity index (χ1n) is 4.51. The largest absolute Gasteiger partial charge is 0.463 e. The van der Waals surface area contributed by atoms with Crippen LogP contribution in [0.2, 0.25) is 6.55 Å². The lowest BCUT2D eigenvalue weighted by atomic mass is 10.4. The van der Waals surface area contributed by atoms with Crippen LogP contribution >= 0.6 is 0 Å². The Balaban J connectivity index is 3.48. The minimum absolute atomic E-state index is 0.348. The Morgan fingerprint density at radius 2 is 2.07 bits per heavy atom. The molecule has 14 heavy (non-hydrogen) atoms. The number of ether oxygens (including phenoxy) is 2. The quantitative estimate of drug-likeness (QED) is 0.272. The molecule has 1 atom stereocenters. The molecule has 0 aliphatic rings. The molecule has 82 valence electrons. The van der Waals surface area contributed by atoms with Crippen molar-refractivity contribution in [3.05, 3.63) is 12.2 Å². The molecule has 0 aromatic heterocycles. The van der Waals surface area contributed by atoms with Crippen molar-refractivity contribution in [2.45, 2.75) is 13.5 Å². The molecule has 0 amide bonds. The van der Waals surface area contributed by atoms with Crippen LogP contribution < -0.4 is 0 Å². The maximum Gasteiger partial charge on any atom is 0.332 e. The van der Waals surface area contributed by atoms with Crippen molar-refractivity contribution >= 4 is 15.0 Å². The molecule has 0 aliphatic carbocycles. The topological polar surface area (TPSA) is 44.8 Å². The minimum Gasteiger partial charge on any atom is -0.463 e. The fourth-order valence-electron chi connectivity index (χ4n) is 0.697. The van der Waals surface area contributed by atoms with Gasteiger partial charge in [0.25, 0.3) is 0 Å². The fraction of sp³-hybridized carbons (Fsp3) is 0.667.